The molecule has 5 heteroatoms. The Labute approximate surface area is 131 Å². The fourth-order valence-corrected chi connectivity index (χ4v) is 2.39. The Kier molecular flexibility index (Phi) is 4.96. The average molecular weight is 352 g/mol. The number of benzene rings is 2. The van der Waals surface area contributed by atoms with Crippen LogP contribution in [0.1, 0.15) is 17.2 Å². The van der Waals surface area contributed by atoms with Gasteiger partial charge in [-0.05, 0) is 42.3 Å². The molecule has 0 radical (unpaired) electrons. The highest BCUT2D eigenvalue weighted by molar-refractivity contribution is 9.10. The van der Waals surface area contributed by atoms with E-state index in [1.807, 2.05) is 24.3 Å². The zero-order chi connectivity index (χ0) is 15.4. The maximum absolute atomic E-state index is 13.4. The molecule has 0 aliphatic heterocycles. The second-order valence-electron chi connectivity index (χ2n) is 4.62. The van der Waals surface area contributed by atoms with Gasteiger partial charge in [0.2, 0.25) is 0 Å². The monoisotopic (exact) mass is 351 g/mol. The maximum Gasteiger partial charge on any atom is 0.332 e. The summed E-state index contributed by atoms with van der Waals surface area (Å²) in [6, 6.07) is 11.3. The highest BCUT2D eigenvalue weighted by atomic mass is 79.9. The zero-order valence-corrected chi connectivity index (χ0v) is 13.3. The molecular weight excluding hydrogens is 337 g/mol. The molecule has 1 atom stereocenters. The van der Waals surface area contributed by atoms with Crippen LogP contribution in [0.25, 0.3) is 0 Å². The first-order valence-electron chi connectivity index (χ1n) is 6.37. The van der Waals surface area contributed by atoms with E-state index in [0.717, 1.165) is 10.2 Å². The molecule has 3 nitrogen and oxygen atoms in total. The Bertz CT molecular complexity index is 660. The van der Waals surface area contributed by atoms with Crippen LogP contribution in [0.3, 0.4) is 0 Å². The molecule has 1 unspecified atom stereocenters. The maximum atomic E-state index is 13.4. The summed E-state index contributed by atoms with van der Waals surface area (Å²) in [5.74, 6) is -0.731. The van der Waals surface area contributed by atoms with Gasteiger partial charge in [-0.1, -0.05) is 34.1 Å². The average Bonchev–Trinajstić information content (AvgIpc) is 2.47. The Morgan fingerprint density at radius 3 is 2.67 bits per heavy atom. The van der Waals surface area contributed by atoms with E-state index in [0.29, 0.717) is 11.1 Å². The molecule has 21 heavy (non-hydrogen) atoms. The number of carbonyl (C=O) groups is 1. The number of nitrogens with one attached hydrogen (secondary N) is 1. The summed E-state index contributed by atoms with van der Waals surface area (Å²) in [7, 11) is 1.33. The third-order valence-corrected chi connectivity index (χ3v) is 3.58. The first-order chi connectivity index (χ1) is 10.0. The SMILES string of the molecule is COC(=O)C(Nc1cccc(Br)c1)c1ccc(F)c(C)c1. The molecule has 0 aliphatic rings. The van der Waals surface area contributed by atoms with Gasteiger partial charge in [0.15, 0.2) is 6.04 Å². The number of methoxy groups -OCH3 is 1. The van der Waals surface area contributed by atoms with Gasteiger partial charge in [0.1, 0.15) is 5.82 Å². The smallest absolute Gasteiger partial charge is 0.332 e. The van der Waals surface area contributed by atoms with Crippen LogP contribution in [0.2, 0.25) is 0 Å². The molecular formula is C16H15BrFNO2. The van der Waals surface area contributed by atoms with Crippen molar-refractivity contribution in [2.75, 3.05) is 12.4 Å². The van der Waals surface area contributed by atoms with Gasteiger partial charge in [0.05, 0.1) is 7.11 Å². The normalized spacial score (nSPS) is 11.8. The minimum Gasteiger partial charge on any atom is -0.467 e. The fraction of sp³-hybridized carbons (Fsp3) is 0.188. The number of esters is 1. The molecule has 1 N–H and O–H groups in total. The van der Waals surface area contributed by atoms with E-state index in [1.54, 1.807) is 19.1 Å². The van der Waals surface area contributed by atoms with Gasteiger partial charge in [-0.3, -0.25) is 0 Å². The predicted octanol–water partition coefficient (Wildman–Crippen LogP) is 4.22. The number of carbonyl (C=O) groups excluding carboxylic acids is 1. The predicted molar refractivity (Wildman–Crippen MR) is 83.7 cm³/mol. The van der Waals surface area contributed by atoms with Gasteiger partial charge in [-0.2, -0.15) is 0 Å². The highest BCUT2D eigenvalue weighted by Gasteiger charge is 2.22. The van der Waals surface area contributed by atoms with Crippen molar-refractivity contribution in [2.24, 2.45) is 0 Å². The summed E-state index contributed by atoms with van der Waals surface area (Å²) in [5.41, 5.74) is 1.90. The largest absolute Gasteiger partial charge is 0.467 e. The summed E-state index contributed by atoms with van der Waals surface area (Å²) < 4.78 is 19.1. The standard InChI is InChI=1S/C16H15BrFNO2/c1-10-8-11(6-7-14(10)18)15(16(20)21-2)19-13-5-3-4-12(17)9-13/h3-9,15,19H,1-2H3. The number of ether oxygens (including phenoxy) is 1. The number of halogens is 2. The van der Waals surface area contributed by atoms with E-state index in [2.05, 4.69) is 21.2 Å². The van der Waals surface area contributed by atoms with Gasteiger partial charge >= 0.3 is 5.97 Å². The fourth-order valence-electron chi connectivity index (χ4n) is 1.99. The molecule has 0 spiro atoms. The topological polar surface area (TPSA) is 38.3 Å². The number of aryl methyl sites for hydroxylation is 1. The second-order valence-corrected chi connectivity index (χ2v) is 5.54. The summed E-state index contributed by atoms with van der Waals surface area (Å²) in [6.07, 6.45) is 0. The Morgan fingerprint density at radius 1 is 1.29 bits per heavy atom. The molecule has 0 saturated carbocycles. The van der Waals surface area contributed by atoms with Crippen LogP contribution in [0.4, 0.5) is 10.1 Å². The lowest BCUT2D eigenvalue weighted by atomic mass is 10.0. The minimum atomic E-state index is -0.691. The van der Waals surface area contributed by atoms with Gasteiger partial charge in [0.25, 0.3) is 0 Å². The Morgan fingerprint density at radius 2 is 2.05 bits per heavy atom. The summed E-state index contributed by atoms with van der Waals surface area (Å²) in [4.78, 5) is 12.0. The van der Waals surface area contributed by atoms with Crippen molar-refractivity contribution in [1.29, 1.82) is 0 Å². The third-order valence-electron chi connectivity index (χ3n) is 3.09. The molecule has 2 aromatic rings. The van der Waals surface area contributed by atoms with Crippen LogP contribution in [-0.4, -0.2) is 13.1 Å². The van der Waals surface area contributed by atoms with Crippen LogP contribution in [-0.2, 0) is 9.53 Å². The van der Waals surface area contributed by atoms with Crippen molar-refractivity contribution in [1.82, 2.24) is 0 Å². The van der Waals surface area contributed by atoms with Crippen LogP contribution < -0.4 is 5.32 Å². The lowest BCUT2D eigenvalue weighted by molar-refractivity contribution is -0.141. The van der Waals surface area contributed by atoms with E-state index < -0.39 is 12.0 Å². The van der Waals surface area contributed by atoms with Gasteiger partial charge in [-0.15, -0.1) is 0 Å². The first kappa shape index (κ1) is 15.5. The van der Waals surface area contributed by atoms with Crippen LogP contribution in [0.15, 0.2) is 46.9 Å². The lowest BCUT2D eigenvalue weighted by Crippen LogP contribution is -2.22. The second kappa shape index (κ2) is 6.72. The van der Waals surface area contributed by atoms with Gasteiger partial charge < -0.3 is 10.1 Å². The van der Waals surface area contributed by atoms with Gasteiger partial charge in [0, 0.05) is 10.2 Å². The molecule has 2 aromatic carbocycles. The summed E-state index contributed by atoms with van der Waals surface area (Å²) in [5, 5.41) is 3.11. The molecule has 0 aromatic heterocycles. The third kappa shape index (κ3) is 3.82. The highest BCUT2D eigenvalue weighted by Crippen LogP contribution is 2.24. The van der Waals surface area contributed by atoms with Crippen LogP contribution in [0, 0.1) is 12.7 Å². The summed E-state index contributed by atoms with van der Waals surface area (Å²) in [6.45, 7) is 1.66. The lowest BCUT2D eigenvalue weighted by Gasteiger charge is -2.19. The van der Waals surface area contributed by atoms with E-state index in [-0.39, 0.29) is 5.82 Å². The number of rotatable bonds is 4. The van der Waals surface area contributed by atoms with E-state index in [9.17, 15) is 9.18 Å². The van der Waals surface area contributed by atoms with Gasteiger partial charge in [-0.25, -0.2) is 9.18 Å². The molecule has 2 rings (SSSR count). The van der Waals surface area contributed by atoms with Crippen molar-refractivity contribution < 1.29 is 13.9 Å². The van der Waals surface area contributed by atoms with Crippen molar-refractivity contribution in [2.45, 2.75) is 13.0 Å². The molecule has 0 aliphatic carbocycles. The minimum absolute atomic E-state index is 0.301. The van der Waals surface area contributed by atoms with Crippen molar-refractivity contribution in [3.63, 3.8) is 0 Å². The summed E-state index contributed by atoms with van der Waals surface area (Å²) >= 11 is 3.38. The van der Waals surface area contributed by atoms with Crippen molar-refractivity contribution in [3.8, 4) is 0 Å². The van der Waals surface area contributed by atoms with Crippen LogP contribution >= 0.6 is 15.9 Å². The molecule has 0 heterocycles. The van der Waals surface area contributed by atoms with E-state index in [4.69, 9.17) is 4.74 Å². The molecule has 0 bridgehead atoms. The van der Waals surface area contributed by atoms with Crippen molar-refractivity contribution >= 4 is 27.6 Å². The quantitative estimate of drug-likeness (QED) is 0.838. The molecule has 0 fully saturated rings. The number of hydrogen-bond acceptors (Lipinski definition) is 3. The molecule has 110 valence electrons. The van der Waals surface area contributed by atoms with E-state index in [1.165, 1.54) is 13.2 Å². The Hall–Kier alpha value is -1.88. The number of hydrogen-bond donors (Lipinski definition) is 1. The molecule has 0 amide bonds. The van der Waals surface area contributed by atoms with E-state index >= 15 is 0 Å². The number of anilines is 1. The Balaban J connectivity index is 2.34. The zero-order valence-electron chi connectivity index (χ0n) is 11.7. The van der Waals surface area contributed by atoms with Crippen LogP contribution in [0.5, 0.6) is 0 Å². The first-order valence-corrected chi connectivity index (χ1v) is 7.16. The van der Waals surface area contributed by atoms with Crippen molar-refractivity contribution in [3.05, 3.63) is 63.9 Å². The molecule has 0 saturated heterocycles.